The zero-order valence-corrected chi connectivity index (χ0v) is 20.5. The number of carbonyl (C=O) groups is 6. The summed E-state index contributed by atoms with van der Waals surface area (Å²) >= 11 is 0. The minimum Gasteiger partial charge on any atom is -0.507 e. The van der Waals surface area contributed by atoms with E-state index in [0.717, 1.165) is 0 Å². The Labute approximate surface area is 216 Å². The predicted molar refractivity (Wildman–Crippen MR) is 130 cm³/mol. The number of aromatic hydroxyl groups is 1. The number of Topliss-reactive ketones (excluding diaryl/α,β-unsaturated/α-hetero) is 5. The van der Waals surface area contributed by atoms with E-state index in [9.17, 15) is 44.1 Å². The molecule has 7 atom stereocenters. The van der Waals surface area contributed by atoms with Crippen LogP contribution in [0.4, 0.5) is 0 Å². The van der Waals surface area contributed by atoms with Crippen molar-refractivity contribution in [1.29, 1.82) is 0 Å². The molecule has 0 saturated heterocycles. The standard InChI is InChI=1S/C28H25NO9/c1-10-14-7-8-15(13-5-3-12(4-6-13)11(2)30)22(32)19(14)24(34)21-18(10)23(33)16-9-17(31)20(27(29)37)25(35)28(16,38)26(21)36/h3-8,10,16,18,20-21,23,32-33,38H,9H2,1-2H3,(H2,29,37)/t10-,16+,18+,20?,21?,23+,28+/m0/s1. The average molecular weight is 520 g/mol. The maximum atomic E-state index is 13.8. The van der Waals surface area contributed by atoms with Gasteiger partial charge in [-0.3, -0.25) is 28.8 Å². The first-order chi connectivity index (χ1) is 17.8. The van der Waals surface area contributed by atoms with Crippen LogP contribution in [0.25, 0.3) is 11.1 Å². The van der Waals surface area contributed by atoms with E-state index in [0.29, 0.717) is 16.7 Å². The normalized spacial score (nSPS) is 32.3. The molecule has 3 aliphatic carbocycles. The van der Waals surface area contributed by atoms with Crippen LogP contribution in [0, 0.1) is 23.7 Å². The largest absolute Gasteiger partial charge is 0.507 e. The average Bonchev–Trinajstić information content (AvgIpc) is 2.86. The molecule has 3 aliphatic rings. The second-order valence-electron chi connectivity index (χ2n) is 10.4. The third-order valence-electron chi connectivity index (χ3n) is 8.46. The van der Waals surface area contributed by atoms with Gasteiger partial charge in [-0.1, -0.05) is 43.3 Å². The van der Waals surface area contributed by atoms with Gasteiger partial charge >= 0.3 is 0 Å². The number of rotatable bonds is 3. The van der Waals surface area contributed by atoms with Gasteiger partial charge in [-0.2, -0.15) is 0 Å². The first kappa shape index (κ1) is 25.6. The highest BCUT2D eigenvalue weighted by Crippen LogP contribution is 2.54. The van der Waals surface area contributed by atoms with Crippen LogP contribution >= 0.6 is 0 Å². The Morgan fingerprint density at radius 3 is 2.21 bits per heavy atom. The Kier molecular flexibility index (Phi) is 5.73. The van der Waals surface area contributed by atoms with E-state index in [2.05, 4.69) is 0 Å². The molecular formula is C28H25NO9. The van der Waals surface area contributed by atoms with Gasteiger partial charge in [-0.25, -0.2) is 0 Å². The molecular weight excluding hydrogens is 494 g/mol. The summed E-state index contributed by atoms with van der Waals surface area (Å²) in [6.07, 6.45) is -2.25. The summed E-state index contributed by atoms with van der Waals surface area (Å²) in [5, 5.41) is 33.8. The van der Waals surface area contributed by atoms with Gasteiger partial charge in [0.15, 0.2) is 40.4 Å². The number of hydrogen-bond acceptors (Lipinski definition) is 9. The minimum absolute atomic E-state index is 0.149. The summed E-state index contributed by atoms with van der Waals surface area (Å²) in [4.78, 5) is 76.5. The van der Waals surface area contributed by atoms with Crippen molar-refractivity contribution in [1.82, 2.24) is 0 Å². The molecule has 1 amide bonds. The van der Waals surface area contributed by atoms with Crippen LogP contribution < -0.4 is 5.73 Å². The molecule has 38 heavy (non-hydrogen) atoms. The SMILES string of the molecule is CC(=O)c1ccc(-c2ccc3c(c2O)C(=O)C2C(=O)[C@]4(O)C(=O)C(C(N)=O)C(=O)C[C@@H]4[C@@H](O)[C@@H]2[C@H]3C)cc1. The van der Waals surface area contributed by atoms with Crippen molar-refractivity contribution in [3.63, 3.8) is 0 Å². The van der Waals surface area contributed by atoms with E-state index in [-0.39, 0.29) is 16.9 Å². The van der Waals surface area contributed by atoms with Crippen LogP contribution in [0.15, 0.2) is 36.4 Å². The van der Waals surface area contributed by atoms with Gasteiger partial charge in [0, 0.05) is 29.4 Å². The van der Waals surface area contributed by atoms with E-state index >= 15 is 0 Å². The molecule has 10 heteroatoms. The van der Waals surface area contributed by atoms with Gasteiger partial charge in [0.25, 0.3) is 0 Å². The fraction of sp³-hybridized carbons (Fsp3) is 0.357. The second kappa shape index (κ2) is 8.50. The summed E-state index contributed by atoms with van der Waals surface area (Å²) in [5.41, 5.74) is 3.61. The first-order valence-corrected chi connectivity index (χ1v) is 12.1. The number of fused-ring (bicyclic) bond motifs is 3. The molecule has 2 aromatic rings. The van der Waals surface area contributed by atoms with E-state index < -0.39 is 82.5 Å². The van der Waals surface area contributed by atoms with E-state index in [4.69, 9.17) is 5.73 Å². The van der Waals surface area contributed by atoms with Crippen LogP contribution in [0.5, 0.6) is 5.75 Å². The molecule has 0 spiro atoms. The van der Waals surface area contributed by atoms with Crippen molar-refractivity contribution in [3.8, 4) is 16.9 Å². The molecule has 2 unspecified atom stereocenters. The summed E-state index contributed by atoms with van der Waals surface area (Å²) in [7, 11) is 0. The molecule has 0 bridgehead atoms. The number of nitrogens with two attached hydrogens (primary N) is 1. The number of hydrogen-bond donors (Lipinski definition) is 4. The maximum Gasteiger partial charge on any atom is 0.235 e. The number of amides is 1. The molecule has 5 N–H and O–H groups in total. The van der Waals surface area contributed by atoms with E-state index in [1.807, 2.05) is 0 Å². The molecule has 0 radical (unpaired) electrons. The molecule has 10 nitrogen and oxygen atoms in total. The Morgan fingerprint density at radius 1 is 1.00 bits per heavy atom. The third kappa shape index (κ3) is 3.26. The fourth-order valence-electron chi connectivity index (χ4n) is 6.47. The molecule has 2 saturated carbocycles. The minimum atomic E-state index is -2.96. The van der Waals surface area contributed by atoms with Gasteiger partial charge in [0.1, 0.15) is 5.75 Å². The number of primary amides is 1. The van der Waals surface area contributed by atoms with Gasteiger partial charge in [0.2, 0.25) is 5.91 Å². The van der Waals surface area contributed by atoms with Crippen LogP contribution in [0.2, 0.25) is 0 Å². The van der Waals surface area contributed by atoms with Crippen LogP contribution in [-0.4, -0.2) is 61.8 Å². The summed E-state index contributed by atoms with van der Waals surface area (Å²) in [6.45, 7) is 3.05. The lowest BCUT2D eigenvalue weighted by Gasteiger charge is -2.52. The maximum absolute atomic E-state index is 13.8. The van der Waals surface area contributed by atoms with Gasteiger partial charge in [-0.05, 0) is 24.0 Å². The highest BCUT2D eigenvalue weighted by atomic mass is 16.3. The monoisotopic (exact) mass is 519 g/mol. The molecule has 5 rings (SSSR count). The highest BCUT2D eigenvalue weighted by molar-refractivity contribution is 6.31. The molecule has 0 heterocycles. The van der Waals surface area contributed by atoms with Crippen LogP contribution in [0.3, 0.4) is 0 Å². The van der Waals surface area contributed by atoms with Crippen LogP contribution in [0.1, 0.15) is 52.5 Å². The van der Waals surface area contributed by atoms with Gasteiger partial charge < -0.3 is 21.1 Å². The molecule has 0 aromatic heterocycles. The Morgan fingerprint density at radius 2 is 1.63 bits per heavy atom. The second-order valence-corrected chi connectivity index (χ2v) is 10.4. The van der Waals surface area contributed by atoms with E-state index in [1.165, 1.54) is 6.92 Å². The van der Waals surface area contributed by atoms with Crippen molar-refractivity contribution in [2.45, 2.75) is 37.9 Å². The smallest absolute Gasteiger partial charge is 0.235 e. The first-order valence-electron chi connectivity index (χ1n) is 12.1. The quantitative estimate of drug-likeness (QED) is 0.334. The molecule has 196 valence electrons. The summed E-state index contributed by atoms with van der Waals surface area (Å²) in [5.74, 6) is -13.5. The predicted octanol–water partition coefficient (Wildman–Crippen LogP) is 0.728. The Bertz CT molecular complexity index is 1460. The Hall–Kier alpha value is -4.02. The number of ketones is 5. The number of carbonyl (C=O) groups excluding carboxylic acids is 6. The van der Waals surface area contributed by atoms with Crippen molar-refractivity contribution in [2.75, 3.05) is 0 Å². The van der Waals surface area contributed by atoms with E-state index in [1.54, 1.807) is 43.3 Å². The topological polar surface area (TPSA) is 189 Å². The summed E-state index contributed by atoms with van der Waals surface area (Å²) < 4.78 is 0. The van der Waals surface area contributed by atoms with Crippen LogP contribution in [-0.2, 0) is 19.2 Å². The van der Waals surface area contributed by atoms with Crippen molar-refractivity contribution in [3.05, 3.63) is 53.1 Å². The zero-order chi connectivity index (χ0) is 27.8. The molecule has 0 aliphatic heterocycles. The summed E-state index contributed by atoms with van der Waals surface area (Å²) in [6, 6.07) is 9.52. The number of aliphatic hydroxyl groups is 2. The Balaban J connectivity index is 1.63. The lowest BCUT2D eigenvalue weighted by atomic mass is 9.50. The number of aliphatic hydroxyl groups excluding tert-OH is 1. The number of phenolic OH excluding ortho intramolecular Hbond substituents is 1. The molecule has 2 aromatic carbocycles. The van der Waals surface area contributed by atoms with Gasteiger partial charge in [0.05, 0.1) is 17.6 Å². The third-order valence-corrected chi connectivity index (χ3v) is 8.46. The fourth-order valence-corrected chi connectivity index (χ4v) is 6.47. The van der Waals surface area contributed by atoms with Gasteiger partial charge in [-0.15, -0.1) is 0 Å². The van der Waals surface area contributed by atoms with Crippen molar-refractivity contribution in [2.24, 2.45) is 29.4 Å². The molecule has 2 fully saturated rings. The highest BCUT2D eigenvalue weighted by Gasteiger charge is 2.69. The lowest BCUT2D eigenvalue weighted by molar-refractivity contribution is -0.189. The zero-order valence-electron chi connectivity index (χ0n) is 20.5. The lowest BCUT2D eigenvalue weighted by Crippen LogP contribution is -2.72. The van der Waals surface area contributed by atoms with Crippen molar-refractivity contribution >= 4 is 34.8 Å². The number of phenols is 1. The number of benzene rings is 2. The van der Waals surface area contributed by atoms with Crippen molar-refractivity contribution < 1.29 is 44.1 Å².